The fraction of sp³-hybridized carbons (Fsp3) is 0.200. The van der Waals surface area contributed by atoms with Crippen molar-refractivity contribution in [2.24, 2.45) is 12.9 Å². The number of carbonyl (C=O) groups excluding carboxylic acids is 1. The van der Waals surface area contributed by atoms with E-state index < -0.39 is 5.91 Å². The van der Waals surface area contributed by atoms with Crippen LogP contribution in [0, 0.1) is 0 Å². The van der Waals surface area contributed by atoms with Crippen molar-refractivity contribution in [1.29, 1.82) is 0 Å². The van der Waals surface area contributed by atoms with Crippen molar-refractivity contribution in [3.05, 3.63) is 57.9 Å². The molecule has 0 fully saturated rings. The number of pyridine rings is 1. The smallest absolute Gasteiger partial charge is 0.270 e. The maximum atomic E-state index is 12.1. The summed E-state index contributed by atoms with van der Waals surface area (Å²) in [5.41, 5.74) is 4.55. The predicted octanol–water partition coefficient (Wildman–Crippen LogP) is 1.22. The molecule has 3 N–H and O–H groups in total. The minimum Gasteiger partial charge on any atom is -0.311 e. The third-order valence-corrected chi connectivity index (χ3v) is 3.34. The van der Waals surface area contributed by atoms with E-state index in [1.807, 2.05) is 29.7 Å². The number of aromatic nitrogens is 1. The molecule has 0 bridgehead atoms. The zero-order valence-electron chi connectivity index (χ0n) is 11.5. The molecular formula is C15H17N3O2. The molecule has 20 heavy (non-hydrogen) atoms. The fourth-order valence-electron chi connectivity index (χ4n) is 2.09. The molecule has 104 valence electrons. The van der Waals surface area contributed by atoms with Crippen LogP contribution in [0.15, 0.2) is 41.2 Å². The molecule has 1 aromatic carbocycles. The highest BCUT2D eigenvalue weighted by Crippen LogP contribution is 2.18. The third-order valence-electron chi connectivity index (χ3n) is 3.34. The number of hydrogen-bond donors (Lipinski definition) is 2. The van der Waals surface area contributed by atoms with Crippen LogP contribution in [0.2, 0.25) is 0 Å². The minimum absolute atomic E-state index is 0.0314. The molecule has 1 heterocycles. The molecule has 1 aromatic heterocycles. The van der Waals surface area contributed by atoms with Gasteiger partial charge in [0.15, 0.2) is 0 Å². The Morgan fingerprint density at radius 2 is 1.85 bits per heavy atom. The Kier molecular flexibility index (Phi) is 4.00. The highest BCUT2D eigenvalue weighted by atomic mass is 16.2. The molecule has 0 saturated heterocycles. The van der Waals surface area contributed by atoms with E-state index in [-0.39, 0.29) is 11.1 Å². The van der Waals surface area contributed by atoms with Crippen molar-refractivity contribution in [3.63, 3.8) is 0 Å². The zero-order valence-corrected chi connectivity index (χ0v) is 11.5. The first-order chi connectivity index (χ1) is 9.58. The van der Waals surface area contributed by atoms with Crippen LogP contribution in [0.1, 0.15) is 22.8 Å². The van der Waals surface area contributed by atoms with Crippen LogP contribution >= 0.6 is 0 Å². The van der Waals surface area contributed by atoms with Gasteiger partial charge in [0, 0.05) is 7.05 Å². The summed E-state index contributed by atoms with van der Waals surface area (Å²) in [6, 6.07) is 11.2. The molecule has 2 rings (SSSR count). The van der Waals surface area contributed by atoms with E-state index in [0.717, 1.165) is 17.7 Å². The van der Waals surface area contributed by atoms with E-state index in [0.29, 0.717) is 0 Å². The normalized spacial score (nSPS) is 10.3. The van der Waals surface area contributed by atoms with Crippen LogP contribution < -0.4 is 16.8 Å². The van der Waals surface area contributed by atoms with Crippen molar-refractivity contribution in [1.82, 2.24) is 9.99 Å². The van der Waals surface area contributed by atoms with Gasteiger partial charge in [-0.15, -0.1) is 0 Å². The Balaban J connectivity index is 2.50. The number of hydrazine groups is 1. The van der Waals surface area contributed by atoms with Crippen molar-refractivity contribution in [3.8, 4) is 11.3 Å². The maximum absolute atomic E-state index is 12.1. The Labute approximate surface area is 117 Å². The van der Waals surface area contributed by atoms with E-state index >= 15 is 0 Å². The highest BCUT2D eigenvalue weighted by Gasteiger charge is 2.12. The average molecular weight is 271 g/mol. The summed E-state index contributed by atoms with van der Waals surface area (Å²) in [6.45, 7) is 2.09. The minimum atomic E-state index is -0.585. The number of nitrogens with one attached hydrogen (secondary N) is 1. The summed E-state index contributed by atoms with van der Waals surface area (Å²) in [7, 11) is 1.64. The molecular weight excluding hydrogens is 254 g/mol. The Hall–Kier alpha value is -2.40. The Morgan fingerprint density at radius 3 is 2.40 bits per heavy atom. The van der Waals surface area contributed by atoms with E-state index in [1.165, 1.54) is 16.2 Å². The molecule has 0 unspecified atom stereocenters. The number of amides is 1. The van der Waals surface area contributed by atoms with Crippen molar-refractivity contribution in [2.45, 2.75) is 13.3 Å². The lowest BCUT2D eigenvalue weighted by Crippen LogP contribution is -2.36. The van der Waals surface area contributed by atoms with Gasteiger partial charge < -0.3 is 4.57 Å². The van der Waals surface area contributed by atoms with Gasteiger partial charge in [-0.2, -0.15) is 0 Å². The van der Waals surface area contributed by atoms with E-state index in [2.05, 4.69) is 6.92 Å². The van der Waals surface area contributed by atoms with Gasteiger partial charge >= 0.3 is 0 Å². The van der Waals surface area contributed by atoms with E-state index in [4.69, 9.17) is 5.84 Å². The predicted molar refractivity (Wildman–Crippen MR) is 78.2 cm³/mol. The van der Waals surface area contributed by atoms with Gasteiger partial charge in [0.05, 0.1) is 5.69 Å². The van der Waals surface area contributed by atoms with Crippen molar-refractivity contribution in [2.75, 3.05) is 0 Å². The van der Waals surface area contributed by atoms with Crippen LogP contribution in [0.25, 0.3) is 11.3 Å². The third kappa shape index (κ3) is 2.48. The number of benzene rings is 1. The van der Waals surface area contributed by atoms with Crippen molar-refractivity contribution >= 4 is 5.91 Å². The summed E-state index contributed by atoms with van der Waals surface area (Å²) in [4.78, 5) is 23.6. The number of hydrogen-bond acceptors (Lipinski definition) is 3. The first kappa shape index (κ1) is 14.0. The molecule has 0 aliphatic heterocycles. The molecule has 0 aliphatic carbocycles. The monoisotopic (exact) mass is 271 g/mol. The first-order valence-electron chi connectivity index (χ1n) is 6.38. The highest BCUT2D eigenvalue weighted by molar-refractivity contribution is 5.93. The van der Waals surface area contributed by atoms with Crippen LogP contribution in [-0.2, 0) is 13.5 Å². The number of rotatable bonds is 3. The van der Waals surface area contributed by atoms with Crippen LogP contribution in [-0.4, -0.2) is 10.5 Å². The molecule has 0 radical (unpaired) electrons. The lowest BCUT2D eigenvalue weighted by atomic mass is 10.1. The summed E-state index contributed by atoms with van der Waals surface area (Å²) in [5, 5.41) is 0. The van der Waals surface area contributed by atoms with Gasteiger partial charge in [-0.05, 0) is 29.7 Å². The van der Waals surface area contributed by atoms with E-state index in [1.54, 1.807) is 13.1 Å². The number of nitrogens with two attached hydrogens (primary N) is 1. The molecule has 5 heteroatoms. The second kappa shape index (κ2) is 5.71. The molecule has 2 aromatic rings. The van der Waals surface area contributed by atoms with Crippen LogP contribution in [0.4, 0.5) is 0 Å². The summed E-state index contributed by atoms with van der Waals surface area (Å²) in [6.07, 6.45) is 0.967. The SMILES string of the molecule is CCc1ccc(-c2ccc(C(=O)NN)c(=O)n2C)cc1. The van der Waals surface area contributed by atoms with Gasteiger partial charge in [0.2, 0.25) is 0 Å². The standard InChI is InChI=1S/C15H17N3O2/c1-3-10-4-6-11(7-5-10)13-9-8-12(14(19)17-16)15(20)18(13)2/h4-9H,3,16H2,1-2H3,(H,17,19). The lowest BCUT2D eigenvalue weighted by molar-refractivity contribution is 0.0951. The maximum Gasteiger partial charge on any atom is 0.270 e. The van der Waals surface area contributed by atoms with Gasteiger partial charge in [-0.25, -0.2) is 5.84 Å². The number of aryl methyl sites for hydroxylation is 1. The largest absolute Gasteiger partial charge is 0.311 e. The van der Waals surface area contributed by atoms with Crippen LogP contribution in [0.5, 0.6) is 0 Å². The topological polar surface area (TPSA) is 77.1 Å². The van der Waals surface area contributed by atoms with Gasteiger partial charge in [0.1, 0.15) is 5.56 Å². The molecule has 0 aliphatic rings. The Bertz CT molecular complexity index is 687. The van der Waals surface area contributed by atoms with E-state index in [9.17, 15) is 9.59 Å². The van der Waals surface area contributed by atoms with Gasteiger partial charge in [0.25, 0.3) is 11.5 Å². The quantitative estimate of drug-likeness (QED) is 0.500. The van der Waals surface area contributed by atoms with Crippen LogP contribution in [0.3, 0.4) is 0 Å². The second-order valence-electron chi connectivity index (χ2n) is 4.52. The molecule has 1 amide bonds. The van der Waals surface area contributed by atoms with Gasteiger partial charge in [-0.1, -0.05) is 31.2 Å². The number of carbonyl (C=O) groups is 1. The number of nitrogen functional groups attached to an aromatic ring is 1. The second-order valence-corrected chi connectivity index (χ2v) is 4.52. The first-order valence-corrected chi connectivity index (χ1v) is 6.38. The summed E-state index contributed by atoms with van der Waals surface area (Å²) in [5.74, 6) is 4.47. The summed E-state index contributed by atoms with van der Waals surface area (Å²) >= 11 is 0. The average Bonchev–Trinajstić information content (AvgIpc) is 2.49. The van der Waals surface area contributed by atoms with Gasteiger partial charge in [-0.3, -0.25) is 15.0 Å². The zero-order chi connectivity index (χ0) is 14.7. The molecule has 0 saturated carbocycles. The molecule has 0 atom stereocenters. The molecule has 0 spiro atoms. The fourth-order valence-corrected chi connectivity index (χ4v) is 2.09. The van der Waals surface area contributed by atoms with Crippen molar-refractivity contribution < 1.29 is 4.79 Å². The Morgan fingerprint density at radius 1 is 1.20 bits per heavy atom. The lowest BCUT2D eigenvalue weighted by Gasteiger charge is -2.10. The summed E-state index contributed by atoms with van der Waals surface area (Å²) < 4.78 is 1.45. The molecule has 5 nitrogen and oxygen atoms in total. The number of nitrogens with zero attached hydrogens (tertiary/aromatic N) is 1.